The topological polar surface area (TPSA) is 63.2 Å². The summed E-state index contributed by atoms with van der Waals surface area (Å²) in [4.78, 5) is 11.9. The third kappa shape index (κ3) is 4.72. The fourth-order valence-corrected chi connectivity index (χ4v) is 2.54. The van der Waals surface area contributed by atoms with Crippen LogP contribution in [-0.2, 0) is 9.84 Å². The first kappa shape index (κ1) is 18.5. The van der Waals surface area contributed by atoms with Crippen molar-refractivity contribution < 1.29 is 26.4 Å². The summed E-state index contributed by atoms with van der Waals surface area (Å²) in [7, 11) is -3.55. The predicted molar refractivity (Wildman–Crippen MR) is 76.3 cm³/mol. The average Bonchev–Trinajstić information content (AvgIpc) is 2.32. The van der Waals surface area contributed by atoms with Crippen molar-refractivity contribution in [2.24, 2.45) is 5.41 Å². The van der Waals surface area contributed by atoms with Crippen LogP contribution in [0.4, 0.5) is 13.2 Å². The van der Waals surface area contributed by atoms with E-state index in [-0.39, 0.29) is 10.5 Å². The molecule has 0 aliphatic carbocycles. The zero-order valence-electron chi connectivity index (χ0n) is 12.7. The average molecular weight is 337 g/mol. The van der Waals surface area contributed by atoms with E-state index in [0.717, 1.165) is 12.3 Å². The Morgan fingerprint density at radius 3 is 2.14 bits per heavy atom. The second kappa shape index (κ2) is 5.91. The summed E-state index contributed by atoms with van der Waals surface area (Å²) in [5.41, 5.74) is -1.37. The van der Waals surface area contributed by atoms with Crippen LogP contribution in [0.25, 0.3) is 0 Å². The maximum atomic E-state index is 13.1. The molecule has 1 unspecified atom stereocenters. The molecule has 0 aliphatic heterocycles. The summed E-state index contributed by atoms with van der Waals surface area (Å²) in [5, 5.41) is 1.93. The molecule has 1 aromatic rings. The second-order valence-corrected chi connectivity index (χ2v) is 8.13. The molecule has 0 saturated heterocycles. The van der Waals surface area contributed by atoms with Gasteiger partial charge in [0.25, 0.3) is 5.91 Å². The van der Waals surface area contributed by atoms with Gasteiger partial charge in [0, 0.05) is 11.8 Å². The Hall–Kier alpha value is -1.57. The molecule has 0 saturated carbocycles. The molecule has 0 heterocycles. The van der Waals surface area contributed by atoms with E-state index in [0.29, 0.717) is 0 Å². The van der Waals surface area contributed by atoms with Crippen LogP contribution in [0.2, 0.25) is 0 Å². The number of sulfone groups is 1. The number of carbonyl (C=O) groups is 1. The van der Waals surface area contributed by atoms with Crippen molar-refractivity contribution in [3.63, 3.8) is 0 Å². The standard InChI is InChI=1S/C14H18F3NO3S/c1-13(2,3)12(14(15,16)17)18-11(19)9-6-5-7-10(8-9)22(4,20)21/h5-8,12H,1-4H3,(H,18,19). The minimum Gasteiger partial charge on any atom is -0.340 e. The van der Waals surface area contributed by atoms with E-state index in [1.54, 1.807) is 0 Å². The van der Waals surface area contributed by atoms with Crippen LogP contribution >= 0.6 is 0 Å². The third-order valence-corrected chi connectivity index (χ3v) is 4.10. The number of hydrogen-bond acceptors (Lipinski definition) is 3. The maximum absolute atomic E-state index is 13.1. The van der Waals surface area contributed by atoms with Crippen LogP contribution in [0.1, 0.15) is 31.1 Å². The molecule has 0 radical (unpaired) electrons. The van der Waals surface area contributed by atoms with Gasteiger partial charge >= 0.3 is 6.18 Å². The molecular formula is C14H18F3NO3S. The van der Waals surface area contributed by atoms with E-state index >= 15 is 0 Å². The highest BCUT2D eigenvalue weighted by Crippen LogP contribution is 2.33. The minimum absolute atomic E-state index is 0.125. The fraction of sp³-hybridized carbons (Fsp3) is 0.500. The molecular weight excluding hydrogens is 319 g/mol. The first-order valence-electron chi connectivity index (χ1n) is 6.40. The van der Waals surface area contributed by atoms with Gasteiger partial charge in [-0.2, -0.15) is 13.2 Å². The van der Waals surface area contributed by atoms with Crippen molar-refractivity contribution in [1.29, 1.82) is 0 Å². The molecule has 0 fully saturated rings. The first-order valence-corrected chi connectivity index (χ1v) is 8.30. The molecule has 1 rings (SSSR count). The molecule has 0 aromatic heterocycles. The van der Waals surface area contributed by atoms with Gasteiger partial charge < -0.3 is 5.32 Å². The summed E-state index contributed by atoms with van der Waals surface area (Å²) < 4.78 is 62.0. The van der Waals surface area contributed by atoms with E-state index in [2.05, 4.69) is 0 Å². The summed E-state index contributed by atoms with van der Waals surface area (Å²) in [6.45, 7) is 4.08. The van der Waals surface area contributed by atoms with Gasteiger partial charge in [-0.1, -0.05) is 26.8 Å². The van der Waals surface area contributed by atoms with Gasteiger partial charge in [-0.25, -0.2) is 8.42 Å². The predicted octanol–water partition coefficient (Wildman–Crippen LogP) is 2.80. The van der Waals surface area contributed by atoms with E-state index < -0.39 is 33.4 Å². The number of benzene rings is 1. The van der Waals surface area contributed by atoms with E-state index in [4.69, 9.17) is 0 Å². The van der Waals surface area contributed by atoms with Crippen LogP contribution in [0.3, 0.4) is 0 Å². The first-order chi connectivity index (χ1) is 9.73. The van der Waals surface area contributed by atoms with Crippen LogP contribution in [0, 0.1) is 5.41 Å². The van der Waals surface area contributed by atoms with Gasteiger partial charge in [0.15, 0.2) is 9.84 Å². The molecule has 124 valence electrons. The molecule has 4 nitrogen and oxygen atoms in total. The zero-order chi connectivity index (χ0) is 17.3. The number of hydrogen-bond donors (Lipinski definition) is 1. The van der Waals surface area contributed by atoms with Gasteiger partial charge in [-0.05, 0) is 23.6 Å². The molecule has 1 atom stereocenters. The lowest BCUT2D eigenvalue weighted by Gasteiger charge is -2.33. The van der Waals surface area contributed by atoms with Crippen LogP contribution < -0.4 is 5.32 Å². The normalized spacial score (nSPS) is 14.5. The van der Waals surface area contributed by atoms with Crippen LogP contribution in [-0.4, -0.2) is 32.8 Å². The van der Waals surface area contributed by atoms with Crippen molar-refractivity contribution in [3.8, 4) is 0 Å². The van der Waals surface area contributed by atoms with Gasteiger partial charge in [0.05, 0.1) is 4.90 Å². The molecule has 1 amide bonds. The van der Waals surface area contributed by atoms with Crippen LogP contribution in [0.5, 0.6) is 0 Å². The smallest absolute Gasteiger partial charge is 0.340 e. The molecule has 0 aliphatic rings. The molecule has 1 N–H and O–H groups in total. The number of carbonyl (C=O) groups excluding carboxylic acids is 1. The zero-order valence-corrected chi connectivity index (χ0v) is 13.5. The number of alkyl halides is 3. The molecule has 8 heteroatoms. The van der Waals surface area contributed by atoms with E-state index in [1.165, 1.54) is 39.0 Å². The highest BCUT2D eigenvalue weighted by atomic mass is 32.2. The van der Waals surface area contributed by atoms with Gasteiger partial charge in [-0.3, -0.25) is 4.79 Å². The number of nitrogens with one attached hydrogen (secondary N) is 1. The second-order valence-electron chi connectivity index (χ2n) is 6.11. The third-order valence-electron chi connectivity index (χ3n) is 2.99. The Balaban J connectivity index is 3.12. The number of amides is 1. The Morgan fingerprint density at radius 2 is 1.73 bits per heavy atom. The summed E-state index contributed by atoms with van der Waals surface area (Å²) in [6, 6.07) is 2.86. The molecule has 22 heavy (non-hydrogen) atoms. The quantitative estimate of drug-likeness (QED) is 0.922. The van der Waals surface area contributed by atoms with Crippen molar-refractivity contribution in [2.75, 3.05) is 6.26 Å². The maximum Gasteiger partial charge on any atom is 0.409 e. The SMILES string of the molecule is CC(C)(C)C(NC(=O)c1cccc(S(C)(=O)=O)c1)C(F)(F)F. The largest absolute Gasteiger partial charge is 0.409 e. The summed E-state index contributed by atoms with van der Waals surface area (Å²) >= 11 is 0. The molecule has 1 aromatic carbocycles. The van der Waals surface area contributed by atoms with Gasteiger partial charge in [0.2, 0.25) is 0 Å². The summed E-state index contributed by atoms with van der Waals surface area (Å²) in [6.07, 6.45) is -3.65. The molecule has 0 bridgehead atoms. The minimum atomic E-state index is -4.61. The van der Waals surface area contributed by atoms with E-state index in [1.807, 2.05) is 5.32 Å². The lowest BCUT2D eigenvalue weighted by Crippen LogP contribution is -2.53. The molecule has 0 spiro atoms. The lowest BCUT2D eigenvalue weighted by atomic mass is 9.86. The van der Waals surface area contributed by atoms with Crippen molar-refractivity contribution in [2.45, 2.75) is 37.9 Å². The fourth-order valence-electron chi connectivity index (χ4n) is 1.87. The van der Waals surface area contributed by atoms with Crippen molar-refractivity contribution >= 4 is 15.7 Å². The Bertz CT molecular complexity index is 647. The summed E-state index contributed by atoms with van der Waals surface area (Å²) in [5.74, 6) is -0.970. The van der Waals surface area contributed by atoms with E-state index in [9.17, 15) is 26.4 Å². The van der Waals surface area contributed by atoms with Crippen LogP contribution in [0.15, 0.2) is 29.2 Å². The highest BCUT2D eigenvalue weighted by Gasteiger charge is 2.47. The van der Waals surface area contributed by atoms with Crippen molar-refractivity contribution in [3.05, 3.63) is 29.8 Å². The van der Waals surface area contributed by atoms with Gasteiger partial charge in [0.1, 0.15) is 6.04 Å². The lowest BCUT2D eigenvalue weighted by molar-refractivity contribution is -0.174. The number of halogens is 3. The highest BCUT2D eigenvalue weighted by molar-refractivity contribution is 7.90. The monoisotopic (exact) mass is 337 g/mol. The Labute approximate surface area is 127 Å². The Morgan fingerprint density at radius 1 is 1.18 bits per heavy atom. The van der Waals surface area contributed by atoms with Gasteiger partial charge in [-0.15, -0.1) is 0 Å². The van der Waals surface area contributed by atoms with Crippen molar-refractivity contribution in [1.82, 2.24) is 5.32 Å². The Kier molecular flexibility index (Phi) is 4.96. The number of rotatable bonds is 3.